The molecule has 1 fully saturated rings. The van der Waals surface area contributed by atoms with Gasteiger partial charge in [0.05, 0.1) is 12.7 Å². The molecule has 1 N–H and O–H groups in total. The third-order valence-electron chi connectivity index (χ3n) is 3.59. The van der Waals surface area contributed by atoms with Crippen molar-refractivity contribution in [2.75, 3.05) is 7.11 Å². The summed E-state index contributed by atoms with van der Waals surface area (Å²) in [6.07, 6.45) is 3.58. The molecule has 0 bridgehead atoms. The van der Waals surface area contributed by atoms with Crippen molar-refractivity contribution in [1.29, 1.82) is 0 Å². The third-order valence-corrected chi connectivity index (χ3v) is 4.09. The number of hydrogen-bond donors (Lipinski definition) is 1. The maximum atomic E-state index is 10.6. The van der Waals surface area contributed by atoms with Crippen molar-refractivity contribution in [2.24, 2.45) is 5.92 Å². The molecule has 0 heterocycles. The first-order valence-electron chi connectivity index (χ1n) is 6.07. The fraction of sp³-hybridized carbons (Fsp3) is 0.571. The van der Waals surface area contributed by atoms with Gasteiger partial charge in [-0.05, 0) is 48.9 Å². The van der Waals surface area contributed by atoms with Crippen LogP contribution in [0.5, 0.6) is 5.75 Å². The summed E-state index contributed by atoms with van der Waals surface area (Å²) in [5.74, 6) is 1.49. The molecule has 2 rings (SSSR count). The van der Waals surface area contributed by atoms with E-state index in [-0.39, 0.29) is 0 Å². The van der Waals surface area contributed by atoms with Crippen LogP contribution in [0.3, 0.4) is 0 Å². The van der Waals surface area contributed by atoms with Crippen LogP contribution in [0.1, 0.15) is 31.7 Å². The zero-order valence-electron chi connectivity index (χ0n) is 10.4. The number of hydrogen-bond acceptors (Lipinski definition) is 2. The molecule has 0 saturated heterocycles. The minimum Gasteiger partial charge on any atom is -0.496 e. The summed E-state index contributed by atoms with van der Waals surface area (Å²) in [4.78, 5) is 0. The van der Waals surface area contributed by atoms with Gasteiger partial charge in [0.25, 0.3) is 0 Å². The summed E-state index contributed by atoms with van der Waals surface area (Å²) in [7, 11) is 1.67. The highest BCUT2D eigenvalue weighted by molar-refractivity contribution is 9.10. The van der Waals surface area contributed by atoms with E-state index in [1.807, 2.05) is 18.2 Å². The standard InChI is InChI=1S/C14H19BrO2/c1-10-5-6-14(16,8-10)9-11-7-12(15)3-4-13(11)17-2/h3-4,7,10,16H,5-6,8-9H2,1-2H3. The van der Waals surface area contributed by atoms with Crippen LogP contribution in [0.2, 0.25) is 0 Å². The van der Waals surface area contributed by atoms with Gasteiger partial charge in [0.2, 0.25) is 0 Å². The number of aliphatic hydroxyl groups is 1. The van der Waals surface area contributed by atoms with Gasteiger partial charge in [-0.3, -0.25) is 0 Å². The second-order valence-electron chi connectivity index (χ2n) is 5.21. The van der Waals surface area contributed by atoms with Crippen molar-refractivity contribution >= 4 is 15.9 Å². The van der Waals surface area contributed by atoms with E-state index in [1.54, 1.807) is 7.11 Å². The van der Waals surface area contributed by atoms with E-state index >= 15 is 0 Å². The van der Waals surface area contributed by atoms with E-state index < -0.39 is 5.60 Å². The average Bonchev–Trinajstić information content (AvgIpc) is 2.59. The van der Waals surface area contributed by atoms with Crippen molar-refractivity contribution in [3.63, 3.8) is 0 Å². The lowest BCUT2D eigenvalue weighted by Crippen LogP contribution is -2.27. The average molecular weight is 299 g/mol. The van der Waals surface area contributed by atoms with E-state index in [1.165, 1.54) is 0 Å². The lowest BCUT2D eigenvalue weighted by atomic mass is 9.91. The minimum absolute atomic E-state index is 0.548. The van der Waals surface area contributed by atoms with Crippen molar-refractivity contribution in [1.82, 2.24) is 0 Å². The highest BCUT2D eigenvalue weighted by atomic mass is 79.9. The lowest BCUT2D eigenvalue weighted by molar-refractivity contribution is 0.0440. The summed E-state index contributed by atoms with van der Waals surface area (Å²) in [6.45, 7) is 2.20. The van der Waals surface area contributed by atoms with Gasteiger partial charge in [0.1, 0.15) is 5.75 Å². The first-order valence-corrected chi connectivity index (χ1v) is 6.86. The summed E-state index contributed by atoms with van der Waals surface area (Å²) in [6, 6.07) is 5.95. The molecule has 17 heavy (non-hydrogen) atoms. The highest BCUT2D eigenvalue weighted by Gasteiger charge is 2.35. The molecule has 1 aromatic rings. The van der Waals surface area contributed by atoms with Gasteiger partial charge in [-0.2, -0.15) is 0 Å². The van der Waals surface area contributed by atoms with E-state index in [0.717, 1.165) is 35.0 Å². The summed E-state index contributed by atoms with van der Waals surface area (Å²) >= 11 is 3.47. The van der Waals surface area contributed by atoms with Crippen LogP contribution in [0.4, 0.5) is 0 Å². The van der Waals surface area contributed by atoms with Crippen LogP contribution in [-0.4, -0.2) is 17.8 Å². The van der Waals surface area contributed by atoms with Crippen LogP contribution < -0.4 is 4.74 Å². The Morgan fingerprint density at radius 3 is 2.88 bits per heavy atom. The Hall–Kier alpha value is -0.540. The zero-order valence-corrected chi connectivity index (χ0v) is 12.0. The van der Waals surface area contributed by atoms with Crippen LogP contribution in [0.15, 0.2) is 22.7 Å². The van der Waals surface area contributed by atoms with Crippen molar-refractivity contribution in [3.8, 4) is 5.75 Å². The molecule has 0 spiro atoms. The van der Waals surface area contributed by atoms with Crippen LogP contribution >= 0.6 is 15.9 Å². The molecule has 0 aliphatic heterocycles. The van der Waals surface area contributed by atoms with Gasteiger partial charge in [0, 0.05) is 10.9 Å². The smallest absolute Gasteiger partial charge is 0.122 e. The van der Waals surface area contributed by atoms with E-state index in [4.69, 9.17) is 4.74 Å². The van der Waals surface area contributed by atoms with Crippen LogP contribution in [0.25, 0.3) is 0 Å². The lowest BCUT2D eigenvalue weighted by Gasteiger charge is -2.23. The van der Waals surface area contributed by atoms with Crippen LogP contribution in [-0.2, 0) is 6.42 Å². The fourth-order valence-corrected chi connectivity index (χ4v) is 3.18. The molecule has 2 nitrogen and oxygen atoms in total. The predicted octanol–water partition coefficient (Wildman–Crippen LogP) is 3.55. The molecule has 1 aromatic carbocycles. The monoisotopic (exact) mass is 298 g/mol. The zero-order chi connectivity index (χ0) is 12.5. The first kappa shape index (κ1) is 12.9. The SMILES string of the molecule is COc1ccc(Br)cc1CC1(O)CCC(C)C1. The second-order valence-corrected chi connectivity index (χ2v) is 6.12. The molecule has 2 unspecified atom stereocenters. The topological polar surface area (TPSA) is 29.5 Å². The summed E-state index contributed by atoms with van der Waals surface area (Å²) in [5, 5.41) is 10.6. The molecule has 0 radical (unpaired) electrons. The first-order chi connectivity index (χ1) is 8.02. The van der Waals surface area contributed by atoms with Gasteiger partial charge >= 0.3 is 0 Å². The number of ether oxygens (including phenoxy) is 1. The van der Waals surface area contributed by atoms with Crippen molar-refractivity contribution < 1.29 is 9.84 Å². The molecular formula is C14H19BrO2. The Morgan fingerprint density at radius 1 is 1.53 bits per heavy atom. The van der Waals surface area contributed by atoms with Crippen LogP contribution in [0, 0.1) is 5.92 Å². The largest absolute Gasteiger partial charge is 0.496 e. The van der Waals surface area contributed by atoms with Crippen molar-refractivity contribution in [2.45, 2.75) is 38.2 Å². The summed E-state index contributed by atoms with van der Waals surface area (Å²) in [5.41, 5.74) is 0.534. The fourth-order valence-electron chi connectivity index (χ4n) is 2.77. The molecule has 2 atom stereocenters. The Balaban J connectivity index is 2.20. The van der Waals surface area contributed by atoms with Gasteiger partial charge in [-0.1, -0.05) is 22.9 Å². The highest BCUT2D eigenvalue weighted by Crippen LogP contribution is 2.38. The summed E-state index contributed by atoms with van der Waals surface area (Å²) < 4.78 is 6.38. The molecule has 1 aliphatic rings. The van der Waals surface area contributed by atoms with E-state index in [2.05, 4.69) is 22.9 Å². The Labute approximate surface area is 111 Å². The molecule has 1 saturated carbocycles. The predicted molar refractivity (Wildman–Crippen MR) is 72.4 cm³/mol. The van der Waals surface area contributed by atoms with E-state index in [9.17, 15) is 5.11 Å². The minimum atomic E-state index is -0.548. The van der Waals surface area contributed by atoms with Gasteiger partial charge < -0.3 is 9.84 Å². The number of rotatable bonds is 3. The second kappa shape index (κ2) is 4.99. The Bertz CT molecular complexity index is 405. The maximum Gasteiger partial charge on any atom is 0.122 e. The molecule has 3 heteroatoms. The molecule has 1 aliphatic carbocycles. The molecule has 94 valence electrons. The van der Waals surface area contributed by atoms with Crippen molar-refractivity contribution in [3.05, 3.63) is 28.2 Å². The quantitative estimate of drug-likeness (QED) is 0.925. The molecule has 0 amide bonds. The number of halogens is 1. The van der Waals surface area contributed by atoms with Gasteiger partial charge in [0.15, 0.2) is 0 Å². The normalized spacial score (nSPS) is 28.4. The number of methoxy groups -OCH3 is 1. The Kier molecular flexibility index (Phi) is 3.79. The number of benzene rings is 1. The van der Waals surface area contributed by atoms with Gasteiger partial charge in [-0.25, -0.2) is 0 Å². The Morgan fingerprint density at radius 2 is 2.29 bits per heavy atom. The molecular weight excluding hydrogens is 280 g/mol. The third kappa shape index (κ3) is 3.02. The maximum absolute atomic E-state index is 10.6. The van der Waals surface area contributed by atoms with E-state index in [0.29, 0.717) is 12.3 Å². The van der Waals surface area contributed by atoms with Gasteiger partial charge in [-0.15, -0.1) is 0 Å². The molecule has 0 aromatic heterocycles.